The highest BCUT2D eigenvalue weighted by molar-refractivity contribution is 6.30. The van der Waals surface area contributed by atoms with Crippen molar-refractivity contribution in [3.63, 3.8) is 0 Å². The van der Waals surface area contributed by atoms with E-state index in [1.54, 1.807) is 12.1 Å². The Kier molecular flexibility index (Phi) is 3.36. The van der Waals surface area contributed by atoms with Gasteiger partial charge in [-0.15, -0.1) is 0 Å². The number of halogens is 1. The van der Waals surface area contributed by atoms with Crippen molar-refractivity contribution in [2.24, 2.45) is 5.73 Å². The van der Waals surface area contributed by atoms with Crippen LogP contribution in [-0.2, 0) is 0 Å². The Labute approximate surface area is 110 Å². The fourth-order valence-corrected chi connectivity index (χ4v) is 1.88. The van der Waals surface area contributed by atoms with Gasteiger partial charge in [-0.25, -0.2) is 4.98 Å². The maximum Gasteiger partial charge on any atom is 0.222 e. The second kappa shape index (κ2) is 4.80. The highest BCUT2D eigenvalue weighted by Gasteiger charge is 2.16. The van der Waals surface area contributed by atoms with Crippen molar-refractivity contribution in [3.05, 3.63) is 35.0 Å². The van der Waals surface area contributed by atoms with Gasteiger partial charge in [-0.2, -0.15) is 4.98 Å². The van der Waals surface area contributed by atoms with Crippen LogP contribution in [-0.4, -0.2) is 9.97 Å². The number of benzene rings is 1. The Morgan fingerprint density at radius 2 is 1.72 bits per heavy atom. The number of nitrogens with zero attached hydrogens (tertiary/aromatic N) is 2. The first-order chi connectivity index (χ1) is 8.49. The molecular weight excluding hydrogens is 250 g/mol. The van der Waals surface area contributed by atoms with Gasteiger partial charge in [0.1, 0.15) is 5.82 Å². The quantitative estimate of drug-likeness (QED) is 0.769. The Bertz CT molecular complexity index is 565. The molecule has 0 aliphatic carbocycles. The molecule has 2 rings (SSSR count). The fraction of sp³-hybridized carbons (Fsp3) is 0.167. The number of aromatic nitrogens is 2. The first-order valence-corrected chi connectivity index (χ1v) is 5.81. The average molecular weight is 264 g/mol. The molecule has 6 N–H and O–H groups in total. The van der Waals surface area contributed by atoms with Crippen LogP contribution in [0.2, 0.25) is 5.02 Å². The number of nitrogen functional groups attached to an aromatic ring is 2. The van der Waals surface area contributed by atoms with Crippen LogP contribution in [0, 0.1) is 0 Å². The zero-order valence-electron chi connectivity index (χ0n) is 9.89. The lowest BCUT2D eigenvalue weighted by atomic mass is 10.0. The molecule has 0 radical (unpaired) electrons. The number of hydrogen-bond acceptors (Lipinski definition) is 5. The summed E-state index contributed by atoms with van der Waals surface area (Å²) in [4.78, 5) is 8.13. The molecule has 1 aromatic heterocycles. The van der Waals surface area contributed by atoms with E-state index in [0.717, 1.165) is 5.56 Å². The second-order valence-electron chi connectivity index (χ2n) is 4.02. The predicted molar refractivity (Wildman–Crippen MR) is 73.9 cm³/mol. The molecule has 1 heterocycles. The Hall–Kier alpha value is -1.85. The molecule has 1 aromatic carbocycles. The third-order valence-electron chi connectivity index (χ3n) is 2.55. The summed E-state index contributed by atoms with van der Waals surface area (Å²) in [6.07, 6.45) is 0. The van der Waals surface area contributed by atoms with Crippen LogP contribution >= 0.6 is 11.6 Å². The van der Waals surface area contributed by atoms with Crippen molar-refractivity contribution in [2.45, 2.75) is 13.0 Å². The molecule has 0 aliphatic heterocycles. The van der Waals surface area contributed by atoms with E-state index in [-0.39, 0.29) is 12.0 Å². The van der Waals surface area contributed by atoms with Crippen LogP contribution in [0.15, 0.2) is 24.3 Å². The van der Waals surface area contributed by atoms with Gasteiger partial charge in [-0.1, -0.05) is 23.7 Å². The van der Waals surface area contributed by atoms with Crippen LogP contribution in [0.25, 0.3) is 11.1 Å². The van der Waals surface area contributed by atoms with Gasteiger partial charge >= 0.3 is 0 Å². The lowest BCUT2D eigenvalue weighted by Crippen LogP contribution is -2.14. The molecule has 1 unspecified atom stereocenters. The molecule has 0 fully saturated rings. The number of anilines is 2. The molecule has 94 valence electrons. The molecule has 1 atom stereocenters. The van der Waals surface area contributed by atoms with Crippen LogP contribution < -0.4 is 17.2 Å². The van der Waals surface area contributed by atoms with Crippen molar-refractivity contribution in [1.29, 1.82) is 0 Å². The topological polar surface area (TPSA) is 104 Å². The molecule has 0 amide bonds. The van der Waals surface area contributed by atoms with E-state index in [2.05, 4.69) is 9.97 Å². The van der Waals surface area contributed by atoms with Gasteiger partial charge in [-0.05, 0) is 24.6 Å². The van der Waals surface area contributed by atoms with Crippen LogP contribution in [0.4, 0.5) is 11.8 Å². The zero-order chi connectivity index (χ0) is 13.3. The highest BCUT2D eigenvalue weighted by atomic mass is 35.5. The summed E-state index contributed by atoms with van der Waals surface area (Å²) in [5.74, 6) is 0.439. The number of hydrogen-bond donors (Lipinski definition) is 3. The summed E-state index contributed by atoms with van der Waals surface area (Å²) in [5, 5.41) is 0.649. The van der Waals surface area contributed by atoms with E-state index in [0.29, 0.717) is 22.1 Å². The van der Waals surface area contributed by atoms with Crippen molar-refractivity contribution in [2.75, 3.05) is 11.5 Å². The summed E-state index contributed by atoms with van der Waals surface area (Å²) in [6, 6.07) is 6.96. The van der Waals surface area contributed by atoms with Gasteiger partial charge in [0.05, 0.1) is 5.69 Å². The minimum absolute atomic E-state index is 0.123. The third-order valence-corrected chi connectivity index (χ3v) is 2.80. The molecule has 2 aromatic rings. The largest absolute Gasteiger partial charge is 0.383 e. The molecule has 0 bridgehead atoms. The maximum atomic E-state index is 5.91. The second-order valence-corrected chi connectivity index (χ2v) is 4.46. The first kappa shape index (κ1) is 12.6. The van der Waals surface area contributed by atoms with Gasteiger partial charge < -0.3 is 17.2 Å². The molecular formula is C12H14ClN5. The van der Waals surface area contributed by atoms with Crippen molar-refractivity contribution in [3.8, 4) is 11.1 Å². The van der Waals surface area contributed by atoms with Gasteiger partial charge in [-0.3, -0.25) is 0 Å². The van der Waals surface area contributed by atoms with Crippen molar-refractivity contribution >= 4 is 23.4 Å². The summed E-state index contributed by atoms with van der Waals surface area (Å²) < 4.78 is 0. The lowest BCUT2D eigenvalue weighted by molar-refractivity contribution is 0.781. The predicted octanol–water partition coefficient (Wildman–Crippen LogP) is 1.98. The average Bonchev–Trinajstić information content (AvgIpc) is 2.29. The standard InChI is InChI=1S/C12H14ClN5/c1-6(14)10-9(11(15)18-12(16)17-10)7-2-4-8(13)5-3-7/h2-6H,14H2,1H3,(H4,15,16,17,18). The Morgan fingerprint density at radius 3 is 2.28 bits per heavy atom. The van der Waals surface area contributed by atoms with Gasteiger partial charge in [0.2, 0.25) is 5.95 Å². The van der Waals surface area contributed by atoms with Crippen LogP contribution in [0.5, 0.6) is 0 Å². The van der Waals surface area contributed by atoms with Crippen molar-refractivity contribution < 1.29 is 0 Å². The van der Waals surface area contributed by atoms with E-state index in [9.17, 15) is 0 Å². The highest BCUT2D eigenvalue weighted by Crippen LogP contribution is 2.31. The summed E-state index contributed by atoms with van der Waals surface area (Å²) in [5.41, 5.74) is 19.6. The zero-order valence-corrected chi connectivity index (χ0v) is 10.6. The van der Waals surface area contributed by atoms with Gasteiger partial charge in [0.25, 0.3) is 0 Å². The Morgan fingerprint density at radius 1 is 1.11 bits per heavy atom. The minimum atomic E-state index is -0.289. The van der Waals surface area contributed by atoms with E-state index in [4.69, 9.17) is 28.8 Å². The van der Waals surface area contributed by atoms with E-state index >= 15 is 0 Å². The normalized spacial score (nSPS) is 12.4. The molecule has 0 aliphatic rings. The number of rotatable bonds is 2. The maximum absolute atomic E-state index is 5.91. The molecule has 18 heavy (non-hydrogen) atoms. The van der Waals surface area contributed by atoms with Gasteiger partial charge in [0.15, 0.2) is 0 Å². The molecule has 0 spiro atoms. The number of nitrogens with two attached hydrogens (primary N) is 3. The van der Waals surface area contributed by atoms with E-state index in [1.807, 2.05) is 19.1 Å². The first-order valence-electron chi connectivity index (χ1n) is 5.43. The SMILES string of the molecule is CC(N)c1nc(N)nc(N)c1-c1ccc(Cl)cc1. The summed E-state index contributed by atoms with van der Waals surface area (Å²) in [7, 11) is 0. The minimum Gasteiger partial charge on any atom is -0.383 e. The van der Waals surface area contributed by atoms with Crippen LogP contribution in [0.1, 0.15) is 18.7 Å². The van der Waals surface area contributed by atoms with Gasteiger partial charge in [0, 0.05) is 16.6 Å². The van der Waals surface area contributed by atoms with E-state index in [1.165, 1.54) is 0 Å². The Balaban J connectivity index is 2.65. The summed E-state index contributed by atoms with van der Waals surface area (Å²) in [6.45, 7) is 1.82. The third kappa shape index (κ3) is 2.37. The van der Waals surface area contributed by atoms with E-state index < -0.39 is 0 Å². The molecule has 0 saturated carbocycles. The molecule has 5 nitrogen and oxygen atoms in total. The fourth-order valence-electron chi connectivity index (χ4n) is 1.76. The van der Waals surface area contributed by atoms with Crippen molar-refractivity contribution in [1.82, 2.24) is 9.97 Å². The lowest BCUT2D eigenvalue weighted by Gasteiger charge is -2.14. The smallest absolute Gasteiger partial charge is 0.222 e. The monoisotopic (exact) mass is 263 g/mol. The van der Waals surface area contributed by atoms with Crippen LogP contribution in [0.3, 0.4) is 0 Å². The molecule has 6 heteroatoms. The summed E-state index contributed by atoms with van der Waals surface area (Å²) >= 11 is 5.86. The molecule has 0 saturated heterocycles.